The molecule has 0 aliphatic carbocycles. The average Bonchev–Trinajstić information content (AvgIpc) is 3.00. The number of benzene rings is 2. The number of carbonyl (C=O) groups is 1. The number of aliphatic carboxylic acids is 1. The van der Waals surface area contributed by atoms with Gasteiger partial charge in [-0.2, -0.15) is 0 Å². The van der Waals surface area contributed by atoms with E-state index in [4.69, 9.17) is 8.83 Å². The van der Waals surface area contributed by atoms with E-state index in [9.17, 15) is 14.7 Å². The smallest absolute Gasteiger partial charge is 0.340 e. The van der Waals surface area contributed by atoms with Gasteiger partial charge in [0.05, 0.1) is 6.26 Å². The molecule has 5 heteroatoms. The molecule has 0 unspecified atom stereocenters. The van der Waals surface area contributed by atoms with Crippen molar-refractivity contribution in [2.24, 2.45) is 0 Å². The summed E-state index contributed by atoms with van der Waals surface area (Å²) in [5.41, 5.74) is 2.92. The molecule has 0 atom stereocenters. The molecule has 25 heavy (non-hydrogen) atoms. The average molecular weight is 333 g/mol. The first-order valence-corrected chi connectivity index (χ1v) is 7.77. The van der Waals surface area contributed by atoms with Crippen molar-refractivity contribution >= 4 is 27.9 Å². The van der Waals surface area contributed by atoms with E-state index in [1.165, 1.54) is 0 Å². The summed E-state index contributed by atoms with van der Waals surface area (Å²) in [7, 11) is 0. The van der Waals surface area contributed by atoms with Crippen LogP contribution in [-0.4, -0.2) is 5.97 Å². The van der Waals surface area contributed by atoms with E-state index in [-0.39, 0.29) is 5.56 Å². The van der Waals surface area contributed by atoms with E-state index in [0.29, 0.717) is 22.1 Å². The van der Waals surface area contributed by atoms with Crippen LogP contribution < -0.4 is 10.7 Å². The summed E-state index contributed by atoms with van der Waals surface area (Å²) in [5.74, 6) is -1.32. The number of fused-ring (bicyclic) bond motifs is 2. The summed E-state index contributed by atoms with van der Waals surface area (Å²) in [5, 5.41) is 12.5. The van der Waals surface area contributed by atoms with Crippen molar-refractivity contribution in [3.8, 4) is 11.1 Å². The summed E-state index contributed by atoms with van der Waals surface area (Å²) >= 11 is 0. The fourth-order valence-corrected chi connectivity index (χ4v) is 3.10. The molecule has 0 bridgehead atoms. The quantitative estimate of drug-likeness (QED) is 0.538. The minimum atomic E-state index is -1.32. The largest absolute Gasteiger partial charge is 0.550 e. The lowest BCUT2D eigenvalue weighted by Crippen LogP contribution is -2.27. The Morgan fingerprint density at radius 1 is 1.08 bits per heavy atom. The normalized spacial score (nSPS) is 11.2. The number of rotatable bonds is 3. The second-order valence-electron chi connectivity index (χ2n) is 5.90. The molecule has 4 aromatic rings. The van der Waals surface area contributed by atoms with Gasteiger partial charge in [-0.1, -0.05) is 30.3 Å². The zero-order chi connectivity index (χ0) is 17.6. The second-order valence-corrected chi connectivity index (χ2v) is 5.90. The number of carboxylic acids is 1. The summed E-state index contributed by atoms with van der Waals surface area (Å²) < 4.78 is 10.9. The topological polar surface area (TPSA) is 83.5 Å². The first-order chi connectivity index (χ1) is 12.0. The molecular weight excluding hydrogens is 320 g/mol. The molecule has 0 saturated heterocycles. The summed E-state index contributed by atoms with van der Waals surface area (Å²) in [6.07, 6.45) is 1.19. The van der Waals surface area contributed by atoms with Crippen LogP contribution in [0.3, 0.4) is 0 Å². The van der Waals surface area contributed by atoms with Crippen molar-refractivity contribution in [2.75, 3.05) is 0 Å². The molecule has 0 spiro atoms. The zero-order valence-electron chi connectivity index (χ0n) is 13.4. The molecule has 0 amide bonds. The van der Waals surface area contributed by atoms with Gasteiger partial charge >= 0.3 is 5.63 Å². The molecule has 4 rings (SSSR count). The Balaban J connectivity index is 2.02. The molecule has 2 aromatic carbocycles. The lowest BCUT2D eigenvalue weighted by Gasteiger charge is -2.08. The van der Waals surface area contributed by atoms with Crippen LogP contribution in [0.15, 0.2) is 62.4 Å². The van der Waals surface area contributed by atoms with Crippen molar-refractivity contribution in [2.45, 2.75) is 13.3 Å². The third kappa shape index (κ3) is 2.50. The fraction of sp³-hybridized carbons (Fsp3) is 0.100. The van der Waals surface area contributed by atoms with Gasteiger partial charge in [-0.3, -0.25) is 0 Å². The van der Waals surface area contributed by atoms with Gasteiger partial charge in [0.25, 0.3) is 0 Å². The van der Waals surface area contributed by atoms with E-state index < -0.39 is 18.0 Å². The van der Waals surface area contributed by atoms with E-state index in [2.05, 4.69) is 0 Å². The van der Waals surface area contributed by atoms with Crippen molar-refractivity contribution in [1.82, 2.24) is 0 Å². The molecule has 2 heterocycles. The van der Waals surface area contributed by atoms with Gasteiger partial charge in [-0.15, -0.1) is 0 Å². The number of furan rings is 1. The Kier molecular flexibility index (Phi) is 3.42. The van der Waals surface area contributed by atoms with Gasteiger partial charge in [0.2, 0.25) is 0 Å². The fourth-order valence-electron chi connectivity index (χ4n) is 3.10. The second kappa shape index (κ2) is 5.63. The number of aryl methyl sites for hydroxylation is 1. The predicted molar refractivity (Wildman–Crippen MR) is 91.1 cm³/mol. The molecule has 0 radical (unpaired) electrons. The van der Waals surface area contributed by atoms with Crippen molar-refractivity contribution < 1.29 is 18.7 Å². The number of hydrogen-bond donors (Lipinski definition) is 0. The van der Waals surface area contributed by atoms with E-state index in [0.717, 1.165) is 16.5 Å². The Bertz CT molecular complexity index is 1170. The highest BCUT2D eigenvalue weighted by Crippen LogP contribution is 2.34. The third-order valence-electron chi connectivity index (χ3n) is 4.39. The minimum Gasteiger partial charge on any atom is -0.550 e. The molecular formula is C20H13O5-. The van der Waals surface area contributed by atoms with Gasteiger partial charge in [0, 0.05) is 40.4 Å². The monoisotopic (exact) mass is 333 g/mol. The van der Waals surface area contributed by atoms with Gasteiger partial charge in [-0.25, -0.2) is 4.79 Å². The van der Waals surface area contributed by atoms with Crippen LogP contribution >= 0.6 is 0 Å². The molecule has 0 aliphatic rings. The van der Waals surface area contributed by atoms with Gasteiger partial charge in [0.15, 0.2) is 0 Å². The van der Waals surface area contributed by atoms with Crippen molar-refractivity contribution in [3.05, 3.63) is 70.3 Å². The van der Waals surface area contributed by atoms with Gasteiger partial charge < -0.3 is 18.7 Å². The standard InChI is InChI=1S/C20H14O5/c1-11-13-7-15-16(12-5-3-2-4-6-12)10-24-17(15)9-18(13)25-20(23)14(11)8-19(21)22/h2-7,9-10H,8H2,1H3,(H,21,22)/p-1. The lowest BCUT2D eigenvalue weighted by molar-refractivity contribution is -0.304. The van der Waals surface area contributed by atoms with Crippen molar-refractivity contribution in [3.63, 3.8) is 0 Å². The molecule has 0 fully saturated rings. The molecule has 0 saturated carbocycles. The van der Waals surface area contributed by atoms with Crippen LogP contribution in [0, 0.1) is 6.92 Å². The maximum Gasteiger partial charge on any atom is 0.340 e. The highest BCUT2D eigenvalue weighted by atomic mass is 16.4. The van der Waals surface area contributed by atoms with E-state index in [1.807, 2.05) is 36.4 Å². The van der Waals surface area contributed by atoms with E-state index in [1.54, 1.807) is 19.3 Å². The Hall–Kier alpha value is -3.34. The van der Waals surface area contributed by atoms with E-state index >= 15 is 0 Å². The van der Waals surface area contributed by atoms with Crippen LogP contribution in [-0.2, 0) is 11.2 Å². The third-order valence-corrected chi connectivity index (χ3v) is 4.39. The van der Waals surface area contributed by atoms with Crippen LogP contribution in [0.5, 0.6) is 0 Å². The first kappa shape index (κ1) is 15.2. The Morgan fingerprint density at radius 3 is 2.56 bits per heavy atom. The predicted octanol–water partition coefficient (Wildman–Crippen LogP) is 2.81. The number of hydrogen-bond acceptors (Lipinski definition) is 5. The van der Waals surface area contributed by atoms with Crippen LogP contribution in [0.2, 0.25) is 0 Å². The highest BCUT2D eigenvalue weighted by Gasteiger charge is 2.15. The SMILES string of the molecule is Cc1c(CC(=O)[O-])c(=O)oc2cc3occ(-c4ccccc4)c3cc12. The lowest BCUT2D eigenvalue weighted by atomic mass is 9.99. The van der Waals surface area contributed by atoms with Gasteiger partial charge in [-0.05, 0) is 24.1 Å². The molecule has 5 nitrogen and oxygen atoms in total. The Morgan fingerprint density at radius 2 is 1.84 bits per heavy atom. The number of carbonyl (C=O) groups excluding carboxylic acids is 1. The molecule has 0 aliphatic heterocycles. The minimum absolute atomic E-state index is 0.108. The molecule has 0 N–H and O–H groups in total. The van der Waals surface area contributed by atoms with Crippen LogP contribution in [0.1, 0.15) is 11.1 Å². The van der Waals surface area contributed by atoms with Crippen LogP contribution in [0.25, 0.3) is 33.1 Å². The maximum absolute atomic E-state index is 12.1. The molecule has 124 valence electrons. The molecule has 2 aromatic heterocycles. The number of carboxylic acid groups (broad SMARTS) is 1. The highest BCUT2D eigenvalue weighted by molar-refractivity contribution is 6.02. The van der Waals surface area contributed by atoms with Crippen molar-refractivity contribution in [1.29, 1.82) is 0 Å². The summed E-state index contributed by atoms with van der Waals surface area (Å²) in [6, 6.07) is 13.3. The maximum atomic E-state index is 12.1. The first-order valence-electron chi connectivity index (χ1n) is 7.77. The zero-order valence-corrected chi connectivity index (χ0v) is 13.4. The Labute approximate surface area is 142 Å². The van der Waals surface area contributed by atoms with Crippen LogP contribution in [0.4, 0.5) is 0 Å². The summed E-state index contributed by atoms with van der Waals surface area (Å²) in [4.78, 5) is 23.0. The summed E-state index contributed by atoms with van der Waals surface area (Å²) in [6.45, 7) is 1.71. The van der Waals surface area contributed by atoms with Gasteiger partial charge in [0.1, 0.15) is 11.2 Å².